The van der Waals surface area contributed by atoms with Crippen LogP contribution in [0.15, 0.2) is 158 Å². The van der Waals surface area contributed by atoms with Crippen molar-refractivity contribution in [3.05, 3.63) is 169 Å². The molecule has 0 amide bonds. The summed E-state index contributed by atoms with van der Waals surface area (Å²) in [5.74, 6) is 0. The number of anilines is 2. The Bertz CT molecular complexity index is 1530. The summed E-state index contributed by atoms with van der Waals surface area (Å²) >= 11 is 0. The highest BCUT2D eigenvalue weighted by atomic mass is 31.1. The lowest BCUT2D eigenvalue weighted by molar-refractivity contribution is 1.17. The van der Waals surface area contributed by atoms with Crippen LogP contribution in [0.25, 0.3) is 0 Å². The van der Waals surface area contributed by atoms with E-state index in [1.165, 1.54) is 54.3 Å². The second kappa shape index (κ2) is 11.2. The van der Waals surface area contributed by atoms with Gasteiger partial charge in [0.25, 0.3) is 0 Å². The van der Waals surface area contributed by atoms with Gasteiger partial charge in [-0.3, -0.25) is 0 Å². The molecule has 0 atom stereocenters. The second-order valence-electron chi connectivity index (χ2n) is 9.94. The fraction of sp³-hybridized carbons (Fsp3) is 0.0270. The van der Waals surface area contributed by atoms with E-state index in [9.17, 15) is 0 Å². The van der Waals surface area contributed by atoms with E-state index in [1.807, 2.05) is 0 Å². The van der Waals surface area contributed by atoms with Crippen molar-refractivity contribution in [1.29, 1.82) is 0 Å². The summed E-state index contributed by atoms with van der Waals surface area (Å²) in [6.45, 7) is 0. The Labute approximate surface area is 239 Å². The van der Waals surface area contributed by atoms with Crippen LogP contribution in [0, 0.1) is 0 Å². The molecule has 0 fully saturated rings. The van der Waals surface area contributed by atoms with Gasteiger partial charge < -0.3 is 5.32 Å². The molecule has 0 radical (unpaired) electrons. The average Bonchev–Trinajstić information content (AvgIpc) is 3.03. The molecule has 192 valence electrons. The van der Waals surface area contributed by atoms with Gasteiger partial charge in [-0.15, -0.1) is 0 Å². The highest BCUT2D eigenvalue weighted by Gasteiger charge is 2.28. The van der Waals surface area contributed by atoms with Gasteiger partial charge in [-0.05, 0) is 48.2 Å². The summed E-state index contributed by atoms with van der Waals surface area (Å²) in [7, 11) is -1.44. The van der Waals surface area contributed by atoms with E-state index in [1.54, 1.807) is 0 Å². The van der Waals surface area contributed by atoms with Crippen molar-refractivity contribution in [2.24, 2.45) is 0 Å². The summed E-state index contributed by atoms with van der Waals surface area (Å²) in [6, 6.07) is 57.7. The third-order valence-corrected chi connectivity index (χ3v) is 12.4. The van der Waals surface area contributed by atoms with Crippen molar-refractivity contribution in [1.82, 2.24) is 0 Å². The maximum atomic E-state index is 4.05. The molecule has 6 aromatic carbocycles. The van der Waals surface area contributed by atoms with E-state index in [0.29, 0.717) is 0 Å². The Morgan fingerprint density at radius 2 is 0.675 bits per heavy atom. The summed E-state index contributed by atoms with van der Waals surface area (Å²) in [5.41, 5.74) is 5.28. The lowest BCUT2D eigenvalue weighted by atomic mass is 9.97. The van der Waals surface area contributed by atoms with Crippen LogP contribution in [0.5, 0.6) is 0 Å². The van der Waals surface area contributed by atoms with E-state index in [4.69, 9.17) is 0 Å². The lowest BCUT2D eigenvalue weighted by Crippen LogP contribution is -2.28. The molecule has 7 rings (SSSR count). The zero-order valence-electron chi connectivity index (χ0n) is 22.1. The van der Waals surface area contributed by atoms with Crippen LogP contribution in [-0.4, -0.2) is 0 Å². The molecule has 1 aliphatic rings. The van der Waals surface area contributed by atoms with Crippen LogP contribution in [0.1, 0.15) is 11.1 Å². The molecule has 0 bridgehead atoms. The summed E-state index contributed by atoms with van der Waals surface area (Å²) in [5, 5.41) is 12.3. The molecule has 0 unspecified atom stereocenters. The molecule has 0 saturated heterocycles. The molecule has 0 spiro atoms. The van der Waals surface area contributed by atoms with Gasteiger partial charge in [0.1, 0.15) is 0 Å². The van der Waals surface area contributed by atoms with Crippen molar-refractivity contribution >= 4 is 59.0 Å². The van der Waals surface area contributed by atoms with Crippen LogP contribution < -0.4 is 37.1 Å². The van der Waals surface area contributed by atoms with Gasteiger partial charge in [0.2, 0.25) is 0 Å². The molecule has 0 saturated carbocycles. The normalized spacial score (nSPS) is 12.1. The zero-order chi connectivity index (χ0) is 26.7. The molecule has 0 aliphatic carbocycles. The Morgan fingerprint density at radius 1 is 0.350 bits per heavy atom. The molecular formula is C37H29NP2. The Hall–Kier alpha value is -4.02. The minimum Gasteiger partial charge on any atom is -0.354 e. The van der Waals surface area contributed by atoms with Gasteiger partial charge in [0, 0.05) is 17.0 Å². The van der Waals surface area contributed by atoms with E-state index >= 15 is 0 Å². The number of hydrogen-bond donors (Lipinski definition) is 1. The first kappa shape index (κ1) is 25.0. The van der Waals surface area contributed by atoms with Crippen molar-refractivity contribution in [2.75, 3.05) is 5.32 Å². The van der Waals surface area contributed by atoms with Crippen molar-refractivity contribution in [3.63, 3.8) is 0 Å². The predicted octanol–water partition coefficient (Wildman–Crippen LogP) is 6.85. The average molecular weight is 550 g/mol. The topological polar surface area (TPSA) is 12.0 Å². The maximum Gasteiger partial charge on any atom is 0.0505 e. The van der Waals surface area contributed by atoms with E-state index in [-0.39, 0.29) is 0 Å². The minimum atomic E-state index is -0.720. The Morgan fingerprint density at radius 3 is 1.00 bits per heavy atom. The SMILES string of the molecule is c1ccc(P(c2ccccc2)c2cccc3c2Nc2c(cccc2P(c2ccccc2)c2ccccc2)C3)cc1. The molecule has 40 heavy (non-hydrogen) atoms. The number of para-hydroxylation sites is 2. The van der Waals surface area contributed by atoms with Crippen LogP contribution in [0.2, 0.25) is 0 Å². The van der Waals surface area contributed by atoms with Gasteiger partial charge >= 0.3 is 0 Å². The van der Waals surface area contributed by atoms with Crippen LogP contribution in [0.4, 0.5) is 11.4 Å². The molecular weight excluding hydrogens is 520 g/mol. The van der Waals surface area contributed by atoms with Crippen LogP contribution in [0.3, 0.4) is 0 Å². The van der Waals surface area contributed by atoms with E-state index in [0.717, 1.165) is 6.42 Å². The van der Waals surface area contributed by atoms with Gasteiger partial charge in [-0.25, -0.2) is 0 Å². The fourth-order valence-electron chi connectivity index (χ4n) is 5.62. The second-order valence-corrected chi connectivity index (χ2v) is 14.3. The first-order chi connectivity index (χ1) is 19.9. The van der Waals surface area contributed by atoms with Crippen molar-refractivity contribution < 1.29 is 0 Å². The number of fused-ring (bicyclic) bond motifs is 2. The Kier molecular flexibility index (Phi) is 7.01. The highest BCUT2D eigenvalue weighted by molar-refractivity contribution is 7.80. The zero-order valence-corrected chi connectivity index (χ0v) is 23.9. The molecule has 6 aromatic rings. The molecule has 3 heteroatoms. The molecule has 1 aliphatic heterocycles. The van der Waals surface area contributed by atoms with Gasteiger partial charge in [0.05, 0.1) is 11.4 Å². The molecule has 1 nitrogen and oxygen atoms in total. The first-order valence-electron chi connectivity index (χ1n) is 13.7. The monoisotopic (exact) mass is 549 g/mol. The summed E-state index contributed by atoms with van der Waals surface area (Å²) < 4.78 is 0. The van der Waals surface area contributed by atoms with Crippen LogP contribution >= 0.6 is 15.8 Å². The van der Waals surface area contributed by atoms with E-state index in [2.05, 4.69) is 163 Å². The largest absolute Gasteiger partial charge is 0.354 e. The molecule has 1 heterocycles. The lowest BCUT2D eigenvalue weighted by Gasteiger charge is -2.31. The van der Waals surface area contributed by atoms with Crippen molar-refractivity contribution in [2.45, 2.75) is 6.42 Å². The molecule has 0 aromatic heterocycles. The number of nitrogens with one attached hydrogen (secondary N) is 1. The Balaban J connectivity index is 1.39. The standard InChI is InChI=1S/C37H29NP2/c1-5-17-30(18-6-1)39(31-19-7-2-8-20-31)34-25-13-15-28-27-29-16-14-26-35(37(29)38-36(28)34)40(32-21-9-3-10-22-32)33-23-11-4-12-24-33/h1-26,38H,27H2. The highest BCUT2D eigenvalue weighted by Crippen LogP contribution is 2.43. The third kappa shape index (κ3) is 4.77. The van der Waals surface area contributed by atoms with E-state index < -0.39 is 15.8 Å². The number of hydrogen-bond acceptors (Lipinski definition) is 1. The molecule has 1 N–H and O–H groups in total. The predicted molar refractivity (Wildman–Crippen MR) is 176 cm³/mol. The van der Waals surface area contributed by atoms with Gasteiger partial charge in [-0.1, -0.05) is 158 Å². The summed E-state index contributed by atoms with van der Waals surface area (Å²) in [4.78, 5) is 0. The first-order valence-corrected chi connectivity index (χ1v) is 16.4. The van der Waals surface area contributed by atoms with Gasteiger partial charge in [0.15, 0.2) is 0 Å². The number of rotatable bonds is 6. The van der Waals surface area contributed by atoms with Crippen LogP contribution in [-0.2, 0) is 6.42 Å². The minimum absolute atomic E-state index is 0.720. The number of benzene rings is 6. The quantitative estimate of drug-likeness (QED) is 0.224. The summed E-state index contributed by atoms with van der Waals surface area (Å²) in [6.07, 6.45) is 0.929. The fourth-order valence-corrected chi connectivity index (χ4v) is 10.5. The maximum absolute atomic E-state index is 4.05. The van der Waals surface area contributed by atoms with Gasteiger partial charge in [-0.2, -0.15) is 0 Å². The van der Waals surface area contributed by atoms with Crippen molar-refractivity contribution in [3.8, 4) is 0 Å². The third-order valence-electron chi connectivity index (χ3n) is 7.43. The smallest absolute Gasteiger partial charge is 0.0505 e.